The third-order valence-electron chi connectivity index (χ3n) is 4.56. The predicted molar refractivity (Wildman–Crippen MR) is 77.6 cm³/mol. The smallest absolute Gasteiger partial charge is 0.310 e. The van der Waals surface area contributed by atoms with Crippen LogP contribution in [0.1, 0.15) is 46.5 Å². The molecule has 0 heterocycles. The summed E-state index contributed by atoms with van der Waals surface area (Å²) in [5, 5.41) is 0. The molecule has 19 heavy (non-hydrogen) atoms. The highest BCUT2D eigenvalue weighted by Crippen LogP contribution is 2.44. The molecule has 0 aromatic heterocycles. The van der Waals surface area contributed by atoms with E-state index in [-0.39, 0.29) is 17.5 Å². The summed E-state index contributed by atoms with van der Waals surface area (Å²) in [7, 11) is 0. The molecule has 2 bridgehead atoms. The molecule has 0 saturated heterocycles. The number of esters is 1. The van der Waals surface area contributed by atoms with Crippen molar-refractivity contribution in [1.82, 2.24) is 0 Å². The molecule has 0 amide bonds. The molecule has 0 spiro atoms. The fourth-order valence-electron chi connectivity index (χ4n) is 3.14. The molecule has 0 aromatic rings. The molecule has 1 fully saturated rings. The van der Waals surface area contributed by atoms with Gasteiger partial charge in [-0.25, -0.2) is 0 Å². The van der Waals surface area contributed by atoms with Gasteiger partial charge in [-0.1, -0.05) is 25.2 Å². The van der Waals surface area contributed by atoms with E-state index in [9.17, 15) is 4.79 Å². The van der Waals surface area contributed by atoms with Crippen LogP contribution in [-0.4, -0.2) is 11.6 Å². The van der Waals surface area contributed by atoms with Gasteiger partial charge >= 0.3 is 5.97 Å². The highest BCUT2D eigenvalue weighted by Gasteiger charge is 2.42. The lowest BCUT2D eigenvalue weighted by Crippen LogP contribution is -2.33. The number of fused-ring (bicyclic) bond motifs is 2. The molecule has 4 unspecified atom stereocenters. The van der Waals surface area contributed by atoms with Crippen LogP contribution in [0.5, 0.6) is 0 Å². The van der Waals surface area contributed by atoms with Gasteiger partial charge < -0.3 is 4.74 Å². The van der Waals surface area contributed by atoms with Crippen LogP contribution in [0.2, 0.25) is 0 Å². The Morgan fingerprint density at radius 2 is 2.21 bits per heavy atom. The van der Waals surface area contributed by atoms with Crippen molar-refractivity contribution in [1.29, 1.82) is 0 Å². The van der Waals surface area contributed by atoms with Gasteiger partial charge in [-0.15, -0.1) is 6.58 Å². The fraction of sp³-hybridized carbons (Fsp3) is 0.706. The molecule has 0 aromatic carbocycles. The monoisotopic (exact) mass is 262 g/mol. The first-order chi connectivity index (χ1) is 8.91. The zero-order chi connectivity index (χ0) is 14.0. The van der Waals surface area contributed by atoms with E-state index < -0.39 is 0 Å². The first-order valence-electron chi connectivity index (χ1n) is 7.45. The van der Waals surface area contributed by atoms with E-state index in [2.05, 4.69) is 25.7 Å². The van der Waals surface area contributed by atoms with Gasteiger partial charge in [0.15, 0.2) is 0 Å². The van der Waals surface area contributed by atoms with Crippen molar-refractivity contribution in [3.8, 4) is 0 Å². The summed E-state index contributed by atoms with van der Waals surface area (Å²) in [4.78, 5) is 12.3. The Balaban J connectivity index is 1.84. The van der Waals surface area contributed by atoms with Crippen LogP contribution in [0.4, 0.5) is 0 Å². The molecular formula is C17H26O2. The second-order valence-electron chi connectivity index (χ2n) is 6.82. The van der Waals surface area contributed by atoms with Crippen molar-refractivity contribution in [2.45, 2.75) is 52.1 Å². The molecule has 4 atom stereocenters. The van der Waals surface area contributed by atoms with Crippen LogP contribution in [0.3, 0.4) is 0 Å². The second-order valence-corrected chi connectivity index (χ2v) is 6.82. The van der Waals surface area contributed by atoms with Crippen molar-refractivity contribution in [3.05, 3.63) is 24.8 Å². The molecule has 1 saturated carbocycles. The van der Waals surface area contributed by atoms with E-state index in [1.807, 2.05) is 19.9 Å². The van der Waals surface area contributed by atoms with Gasteiger partial charge in [0.1, 0.15) is 5.60 Å². The molecule has 2 nitrogen and oxygen atoms in total. The van der Waals surface area contributed by atoms with Crippen molar-refractivity contribution >= 4 is 5.97 Å². The van der Waals surface area contributed by atoms with Gasteiger partial charge in [-0.05, 0) is 57.3 Å². The number of rotatable bonds is 6. The van der Waals surface area contributed by atoms with Gasteiger partial charge in [0.2, 0.25) is 0 Å². The first-order valence-corrected chi connectivity index (χ1v) is 7.45. The number of hydrogen-bond acceptors (Lipinski definition) is 2. The molecule has 0 radical (unpaired) electrons. The fourth-order valence-corrected chi connectivity index (χ4v) is 3.14. The maximum Gasteiger partial charge on any atom is 0.310 e. The summed E-state index contributed by atoms with van der Waals surface area (Å²) in [6.45, 7) is 9.98. The summed E-state index contributed by atoms with van der Waals surface area (Å²) in [6, 6.07) is 0. The molecular weight excluding hydrogens is 236 g/mol. The van der Waals surface area contributed by atoms with Gasteiger partial charge in [0, 0.05) is 0 Å². The number of allylic oxidation sites excluding steroid dienone is 3. The van der Waals surface area contributed by atoms with Crippen LogP contribution in [0.15, 0.2) is 24.8 Å². The lowest BCUT2D eigenvalue weighted by atomic mass is 9.92. The SMILES string of the molecule is C=CC(C)CCC(C)(C)OC(=O)C1CC2C=CC1C2. The van der Waals surface area contributed by atoms with Crippen molar-refractivity contribution in [2.75, 3.05) is 0 Å². The van der Waals surface area contributed by atoms with Crippen molar-refractivity contribution in [2.24, 2.45) is 23.7 Å². The molecule has 0 N–H and O–H groups in total. The Kier molecular flexibility index (Phi) is 4.17. The average Bonchev–Trinajstić information content (AvgIpc) is 2.97. The average molecular weight is 262 g/mol. The highest BCUT2D eigenvalue weighted by molar-refractivity contribution is 5.74. The second kappa shape index (κ2) is 5.52. The third kappa shape index (κ3) is 3.49. The lowest BCUT2D eigenvalue weighted by molar-refractivity contribution is -0.163. The van der Waals surface area contributed by atoms with Crippen LogP contribution >= 0.6 is 0 Å². The molecule has 2 heteroatoms. The van der Waals surface area contributed by atoms with Crippen molar-refractivity contribution < 1.29 is 9.53 Å². The van der Waals surface area contributed by atoms with E-state index in [0.717, 1.165) is 25.7 Å². The third-order valence-corrected chi connectivity index (χ3v) is 4.56. The number of carbonyl (C=O) groups is 1. The molecule has 2 aliphatic rings. The molecule has 2 rings (SSSR count). The summed E-state index contributed by atoms with van der Waals surface area (Å²) < 4.78 is 5.76. The molecule has 106 valence electrons. The van der Waals surface area contributed by atoms with E-state index >= 15 is 0 Å². The normalized spacial score (nSPS) is 30.4. The van der Waals surface area contributed by atoms with E-state index in [4.69, 9.17) is 4.74 Å². The van der Waals surface area contributed by atoms with Gasteiger partial charge in [0.25, 0.3) is 0 Å². The Bertz CT molecular complexity index is 381. The zero-order valence-electron chi connectivity index (χ0n) is 12.4. The van der Waals surface area contributed by atoms with E-state index in [1.165, 1.54) is 0 Å². The minimum atomic E-state index is -0.361. The summed E-state index contributed by atoms with van der Waals surface area (Å²) in [5.74, 6) is 1.63. The number of hydrogen-bond donors (Lipinski definition) is 0. The minimum Gasteiger partial charge on any atom is -0.459 e. The van der Waals surface area contributed by atoms with Crippen LogP contribution in [-0.2, 0) is 9.53 Å². The highest BCUT2D eigenvalue weighted by atomic mass is 16.6. The molecule has 0 aliphatic heterocycles. The Morgan fingerprint density at radius 3 is 2.74 bits per heavy atom. The zero-order valence-corrected chi connectivity index (χ0v) is 12.4. The number of carbonyl (C=O) groups excluding carboxylic acids is 1. The van der Waals surface area contributed by atoms with E-state index in [1.54, 1.807) is 0 Å². The van der Waals surface area contributed by atoms with Gasteiger partial charge in [-0.2, -0.15) is 0 Å². The van der Waals surface area contributed by atoms with Crippen LogP contribution in [0, 0.1) is 23.7 Å². The Hall–Kier alpha value is -1.05. The first kappa shape index (κ1) is 14.4. The van der Waals surface area contributed by atoms with Gasteiger partial charge in [-0.3, -0.25) is 4.79 Å². The minimum absolute atomic E-state index is 0.00751. The Labute approximate surface area is 116 Å². The number of ether oxygens (including phenoxy) is 1. The van der Waals surface area contributed by atoms with Crippen molar-refractivity contribution in [3.63, 3.8) is 0 Å². The maximum atomic E-state index is 12.3. The Morgan fingerprint density at radius 1 is 1.47 bits per heavy atom. The summed E-state index contributed by atoms with van der Waals surface area (Å²) in [6.07, 6.45) is 10.5. The molecule has 2 aliphatic carbocycles. The largest absolute Gasteiger partial charge is 0.459 e. The summed E-state index contributed by atoms with van der Waals surface area (Å²) >= 11 is 0. The maximum absolute atomic E-state index is 12.3. The van der Waals surface area contributed by atoms with E-state index in [0.29, 0.717) is 17.8 Å². The van der Waals surface area contributed by atoms with Gasteiger partial charge in [0.05, 0.1) is 5.92 Å². The predicted octanol–water partition coefficient (Wildman–Crippen LogP) is 4.12. The van der Waals surface area contributed by atoms with Crippen LogP contribution < -0.4 is 0 Å². The van der Waals surface area contributed by atoms with Crippen LogP contribution in [0.25, 0.3) is 0 Å². The summed E-state index contributed by atoms with van der Waals surface area (Å²) in [5.41, 5.74) is -0.361. The topological polar surface area (TPSA) is 26.3 Å². The lowest BCUT2D eigenvalue weighted by Gasteiger charge is -2.29. The standard InChI is InChI=1S/C17H26O2/c1-5-12(2)8-9-17(3,4)19-16(18)15-11-13-6-7-14(15)10-13/h5-7,12-15H,1,8-11H2,2-4H3. The quantitative estimate of drug-likeness (QED) is 0.531.